The minimum absolute atomic E-state index is 0.422. The van der Waals surface area contributed by atoms with Crippen molar-refractivity contribution in [3.8, 4) is 0 Å². The van der Waals surface area contributed by atoms with E-state index in [1.807, 2.05) is 24.3 Å². The fourth-order valence-electron chi connectivity index (χ4n) is 4.29. The predicted octanol–water partition coefficient (Wildman–Crippen LogP) is 7.23. The van der Waals surface area contributed by atoms with Crippen LogP contribution in [0.2, 0.25) is 10.0 Å². The average molecular weight is 466 g/mol. The van der Waals surface area contributed by atoms with Crippen molar-refractivity contribution in [2.45, 2.75) is 44.2 Å². The SMILES string of the molecule is OC(CCCC1CC(c2ccc(Cl)cc2)=CCN1)c1ccc(Cc2ccc(Cl)cc2)cc1. The van der Waals surface area contributed by atoms with E-state index < -0.39 is 6.10 Å². The van der Waals surface area contributed by atoms with Gasteiger partial charge in [-0.3, -0.25) is 0 Å². The Balaban J connectivity index is 1.24. The largest absolute Gasteiger partial charge is 0.388 e. The molecule has 166 valence electrons. The van der Waals surface area contributed by atoms with E-state index in [9.17, 15) is 5.11 Å². The maximum atomic E-state index is 10.7. The zero-order valence-corrected chi connectivity index (χ0v) is 19.6. The second-order valence-corrected chi connectivity index (χ2v) is 9.41. The van der Waals surface area contributed by atoms with Gasteiger partial charge >= 0.3 is 0 Å². The second kappa shape index (κ2) is 11.2. The molecule has 2 unspecified atom stereocenters. The molecular weight excluding hydrogens is 437 g/mol. The Morgan fingerprint density at radius 3 is 2.09 bits per heavy atom. The number of hydrogen-bond acceptors (Lipinski definition) is 2. The van der Waals surface area contributed by atoms with Crippen molar-refractivity contribution < 1.29 is 5.11 Å². The molecule has 0 bridgehead atoms. The van der Waals surface area contributed by atoms with Crippen molar-refractivity contribution in [2.24, 2.45) is 0 Å². The Labute approximate surface area is 200 Å². The molecule has 2 N–H and O–H groups in total. The van der Waals surface area contributed by atoms with Gasteiger partial charge in [-0.25, -0.2) is 0 Å². The van der Waals surface area contributed by atoms with Gasteiger partial charge in [-0.2, -0.15) is 0 Å². The lowest BCUT2D eigenvalue weighted by atomic mass is 9.92. The summed E-state index contributed by atoms with van der Waals surface area (Å²) in [5.41, 5.74) is 6.08. The van der Waals surface area contributed by atoms with Gasteiger partial charge in [0.2, 0.25) is 0 Å². The number of aliphatic hydroxyl groups excluding tert-OH is 1. The van der Waals surface area contributed by atoms with Crippen LogP contribution in [0.3, 0.4) is 0 Å². The van der Waals surface area contributed by atoms with Gasteiger partial charge in [-0.15, -0.1) is 0 Å². The van der Waals surface area contributed by atoms with Crippen molar-refractivity contribution in [1.29, 1.82) is 0 Å². The number of rotatable bonds is 8. The third-order valence-corrected chi connectivity index (χ3v) is 6.66. The highest BCUT2D eigenvalue weighted by atomic mass is 35.5. The van der Waals surface area contributed by atoms with E-state index in [0.717, 1.165) is 54.3 Å². The van der Waals surface area contributed by atoms with Gasteiger partial charge in [0.15, 0.2) is 0 Å². The smallest absolute Gasteiger partial charge is 0.0790 e. The Morgan fingerprint density at radius 1 is 0.844 bits per heavy atom. The summed E-state index contributed by atoms with van der Waals surface area (Å²) in [6.07, 6.45) is 6.53. The molecule has 4 heteroatoms. The molecule has 0 spiro atoms. The zero-order chi connectivity index (χ0) is 22.3. The summed E-state index contributed by atoms with van der Waals surface area (Å²) in [6.45, 7) is 0.889. The Hall–Kier alpha value is -2.10. The monoisotopic (exact) mass is 465 g/mol. The summed E-state index contributed by atoms with van der Waals surface area (Å²) in [5, 5.41) is 15.8. The molecule has 0 saturated heterocycles. The fourth-order valence-corrected chi connectivity index (χ4v) is 4.55. The first-order chi connectivity index (χ1) is 15.6. The van der Waals surface area contributed by atoms with Gasteiger partial charge in [0.05, 0.1) is 6.10 Å². The molecule has 2 atom stereocenters. The predicted molar refractivity (Wildman–Crippen MR) is 135 cm³/mol. The third kappa shape index (κ3) is 6.46. The molecule has 1 heterocycles. The topological polar surface area (TPSA) is 32.3 Å². The van der Waals surface area contributed by atoms with Crippen LogP contribution in [0.4, 0.5) is 0 Å². The van der Waals surface area contributed by atoms with Crippen LogP contribution in [0.15, 0.2) is 78.9 Å². The van der Waals surface area contributed by atoms with Crippen LogP contribution >= 0.6 is 23.2 Å². The van der Waals surface area contributed by atoms with Gasteiger partial charge in [0.1, 0.15) is 0 Å². The number of hydrogen-bond donors (Lipinski definition) is 2. The van der Waals surface area contributed by atoms with Crippen LogP contribution in [0, 0.1) is 0 Å². The molecule has 2 nitrogen and oxygen atoms in total. The van der Waals surface area contributed by atoms with Crippen LogP contribution in [-0.2, 0) is 6.42 Å². The first-order valence-electron chi connectivity index (χ1n) is 11.3. The minimum Gasteiger partial charge on any atom is -0.388 e. The van der Waals surface area contributed by atoms with Crippen molar-refractivity contribution in [3.63, 3.8) is 0 Å². The van der Waals surface area contributed by atoms with E-state index in [0.29, 0.717) is 6.04 Å². The van der Waals surface area contributed by atoms with Crippen LogP contribution in [0.5, 0.6) is 0 Å². The number of halogens is 2. The number of aliphatic hydroxyl groups is 1. The maximum absolute atomic E-state index is 10.7. The highest BCUT2D eigenvalue weighted by Gasteiger charge is 2.17. The summed E-state index contributed by atoms with van der Waals surface area (Å²) >= 11 is 12.0. The summed E-state index contributed by atoms with van der Waals surface area (Å²) in [4.78, 5) is 0. The molecule has 0 fully saturated rings. The summed E-state index contributed by atoms with van der Waals surface area (Å²) in [6, 6.07) is 24.8. The molecule has 0 aromatic heterocycles. The molecule has 0 amide bonds. The molecule has 32 heavy (non-hydrogen) atoms. The van der Waals surface area contributed by atoms with Crippen molar-refractivity contribution in [3.05, 3.63) is 111 Å². The van der Waals surface area contributed by atoms with Crippen molar-refractivity contribution >= 4 is 28.8 Å². The molecular formula is C28H29Cl2NO. The molecule has 0 saturated carbocycles. The van der Waals surface area contributed by atoms with Gasteiger partial charge in [0, 0.05) is 22.6 Å². The van der Waals surface area contributed by atoms with E-state index in [4.69, 9.17) is 23.2 Å². The third-order valence-electron chi connectivity index (χ3n) is 6.15. The summed E-state index contributed by atoms with van der Waals surface area (Å²) < 4.78 is 0. The highest BCUT2D eigenvalue weighted by molar-refractivity contribution is 6.30. The van der Waals surface area contributed by atoms with Gasteiger partial charge in [0.25, 0.3) is 0 Å². The number of nitrogens with one attached hydrogen (secondary N) is 1. The molecule has 4 rings (SSSR count). The van der Waals surface area contributed by atoms with Crippen LogP contribution in [0.25, 0.3) is 5.57 Å². The number of benzene rings is 3. The fraction of sp³-hybridized carbons (Fsp3) is 0.286. The second-order valence-electron chi connectivity index (χ2n) is 8.54. The highest BCUT2D eigenvalue weighted by Crippen LogP contribution is 2.27. The van der Waals surface area contributed by atoms with Crippen LogP contribution in [0.1, 0.15) is 54.0 Å². The normalized spacial score (nSPS) is 17.1. The summed E-state index contributed by atoms with van der Waals surface area (Å²) in [5.74, 6) is 0. The molecule has 1 aliphatic heterocycles. The molecule has 0 aliphatic carbocycles. The standard InChI is InChI=1S/C28H29Cl2NO/c29-25-12-6-21(7-13-25)18-20-4-8-23(9-5-20)28(32)3-1-2-27-19-24(16-17-31-27)22-10-14-26(30)15-11-22/h4-16,27-28,31-32H,1-3,17-19H2. The van der Waals surface area contributed by atoms with E-state index in [1.165, 1.54) is 22.3 Å². The summed E-state index contributed by atoms with van der Waals surface area (Å²) in [7, 11) is 0. The average Bonchev–Trinajstić information content (AvgIpc) is 2.82. The zero-order valence-electron chi connectivity index (χ0n) is 18.1. The van der Waals surface area contributed by atoms with E-state index in [-0.39, 0.29) is 0 Å². The van der Waals surface area contributed by atoms with Crippen LogP contribution < -0.4 is 5.32 Å². The van der Waals surface area contributed by atoms with Crippen LogP contribution in [-0.4, -0.2) is 17.7 Å². The molecule has 1 aliphatic rings. The Morgan fingerprint density at radius 2 is 1.44 bits per heavy atom. The minimum atomic E-state index is -0.422. The lowest BCUT2D eigenvalue weighted by Crippen LogP contribution is -2.32. The van der Waals surface area contributed by atoms with E-state index in [1.54, 1.807) is 0 Å². The molecule has 3 aromatic carbocycles. The van der Waals surface area contributed by atoms with Crippen molar-refractivity contribution in [1.82, 2.24) is 5.32 Å². The van der Waals surface area contributed by atoms with E-state index >= 15 is 0 Å². The first kappa shape index (κ1) is 23.1. The van der Waals surface area contributed by atoms with Gasteiger partial charge in [-0.1, -0.05) is 77.8 Å². The molecule has 0 radical (unpaired) electrons. The quantitative estimate of drug-likeness (QED) is 0.367. The van der Waals surface area contributed by atoms with Gasteiger partial charge < -0.3 is 10.4 Å². The molecule has 3 aromatic rings. The van der Waals surface area contributed by atoms with Gasteiger partial charge in [-0.05, 0) is 84.2 Å². The first-order valence-corrected chi connectivity index (χ1v) is 12.0. The maximum Gasteiger partial charge on any atom is 0.0790 e. The Kier molecular flexibility index (Phi) is 8.05. The lowest BCUT2D eigenvalue weighted by molar-refractivity contribution is 0.162. The van der Waals surface area contributed by atoms with E-state index in [2.05, 4.69) is 59.9 Å². The van der Waals surface area contributed by atoms with Crippen molar-refractivity contribution in [2.75, 3.05) is 6.54 Å². The lowest BCUT2D eigenvalue weighted by Gasteiger charge is -2.25. The Bertz CT molecular complexity index is 1030.